The molecule has 9 heteroatoms. The van der Waals surface area contributed by atoms with E-state index in [0.29, 0.717) is 11.5 Å². The van der Waals surface area contributed by atoms with Gasteiger partial charge in [-0.2, -0.15) is 0 Å². The summed E-state index contributed by atoms with van der Waals surface area (Å²) in [5, 5.41) is 10.8. The van der Waals surface area contributed by atoms with Crippen LogP contribution in [0.25, 0.3) is 5.65 Å². The van der Waals surface area contributed by atoms with Gasteiger partial charge in [0.1, 0.15) is 0 Å². The molecular weight excluding hydrogens is 342 g/mol. The minimum absolute atomic E-state index is 0.0677. The van der Waals surface area contributed by atoms with Gasteiger partial charge in [-0.15, -0.1) is 10.2 Å². The lowest BCUT2D eigenvalue weighted by Gasteiger charge is -2.12. The van der Waals surface area contributed by atoms with Gasteiger partial charge in [-0.05, 0) is 30.3 Å². The second-order valence-electron chi connectivity index (χ2n) is 5.54. The van der Waals surface area contributed by atoms with Crippen LogP contribution >= 0.6 is 0 Å². The van der Waals surface area contributed by atoms with Crippen LogP contribution < -0.4 is 5.32 Å². The van der Waals surface area contributed by atoms with Gasteiger partial charge in [0.2, 0.25) is 10.0 Å². The van der Waals surface area contributed by atoms with Crippen LogP contribution in [0, 0.1) is 0 Å². The Balaban J connectivity index is 1.78. The van der Waals surface area contributed by atoms with E-state index >= 15 is 0 Å². The minimum atomic E-state index is -3.59. The minimum Gasteiger partial charge on any atom is -0.345 e. The first-order valence-corrected chi connectivity index (χ1v) is 8.93. The number of aromatic nitrogens is 3. The Labute approximate surface area is 145 Å². The van der Waals surface area contributed by atoms with Crippen LogP contribution in [-0.2, 0) is 16.6 Å². The number of amides is 1. The predicted molar refractivity (Wildman–Crippen MR) is 91.5 cm³/mol. The van der Waals surface area contributed by atoms with Crippen LogP contribution in [0.1, 0.15) is 16.2 Å². The van der Waals surface area contributed by atoms with E-state index < -0.39 is 10.0 Å². The van der Waals surface area contributed by atoms with Crippen molar-refractivity contribution >= 4 is 21.6 Å². The summed E-state index contributed by atoms with van der Waals surface area (Å²) in [7, 11) is -0.707. The summed E-state index contributed by atoms with van der Waals surface area (Å²) in [5.41, 5.74) is 0.947. The van der Waals surface area contributed by atoms with Crippen molar-refractivity contribution in [3.8, 4) is 0 Å². The molecule has 1 aromatic carbocycles. The summed E-state index contributed by atoms with van der Waals surface area (Å²) in [6.07, 6.45) is 1.81. The zero-order chi connectivity index (χ0) is 18.0. The van der Waals surface area contributed by atoms with Gasteiger partial charge in [0, 0.05) is 25.9 Å². The lowest BCUT2D eigenvalue weighted by atomic mass is 10.2. The van der Waals surface area contributed by atoms with Gasteiger partial charge in [0.15, 0.2) is 11.5 Å². The summed E-state index contributed by atoms with van der Waals surface area (Å²) >= 11 is 0. The van der Waals surface area contributed by atoms with Gasteiger partial charge < -0.3 is 5.32 Å². The molecule has 0 radical (unpaired) electrons. The third-order valence-electron chi connectivity index (χ3n) is 3.67. The third-order valence-corrected chi connectivity index (χ3v) is 5.48. The number of carbonyl (C=O) groups is 1. The normalized spacial score (nSPS) is 11.8. The van der Waals surface area contributed by atoms with Crippen LogP contribution in [-0.4, -0.2) is 47.3 Å². The molecule has 0 fully saturated rings. The van der Waals surface area contributed by atoms with Crippen molar-refractivity contribution < 1.29 is 13.2 Å². The van der Waals surface area contributed by atoms with E-state index in [4.69, 9.17) is 0 Å². The lowest BCUT2D eigenvalue weighted by Crippen LogP contribution is -2.25. The van der Waals surface area contributed by atoms with Gasteiger partial charge in [0.25, 0.3) is 5.91 Å². The molecule has 3 rings (SSSR count). The van der Waals surface area contributed by atoms with Crippen LogP contribution in [0.15, 0.2) is 53.6 Å². The number of pyridine rings is 1. The number of nitrogens with one attached hydrogen (secondary N) is 1. The highest BCUT2D eigenvalue weighted by atomic mass is 32.2. The van der Waals surface area contributed by atoms with Crippen molar-refractivity contribution in [2.45, 2.75) is 11.4 Å². The van der Waals surface area contributed by atoms with Crippen LogP contribution in [0.5, 0.6) is 0 Å². The highest BCUT2D eigenvalue weighted by molar-refractivity contribution is 7.89. The molecule has 0 aliphatic rings. The molecule has 0 unspecified atom stereocenters. The molecule has 0 atom stereocenters. The van der Waals surface area contributed by atoms with E-state index in [9.17, 15) is 13.2 Å². The Bertz CT molecular complexity index is 1030. The summed E-state index contributed by atoms with van der Waals surface area (Å²) in [6.45, 7) is 0.175. The Morgan fingerprint density at radius 3 is 2.72 bits per heavy atom. The molecule has 1 N–H and O–H groups in total. The molecule has 0 spiro atoms. The first-order valence-electron chi connectivity index (χ1n) is 7.49. The molecule has 8 nitrogen and oxygen atoms in total. The summed E-state index contributed by atoms with van der Waals surface area (Å²) < 4.78 is 27.2. The second-order valence-corrected chi connectivity index (χ2v) is 7.69. The second kappa shape index (κ2) is 6.61. The van der Waals surface area contributed by atoms with E-state index in [2.05, 4.69) is 15.5 Å². The van der Waals surface area contributed by atoms with Gasteiger partial charge in [-0.25, -0.2) is 12.7 Å². The van der Waals surface area contributed by atoms with Crippen molar-refractivity contribution in [2.24, 2.45) is 0 Å². The maximum absolute atomic E-state index is 12.3. The van der Waals surface area contributed by atoms with Gasteiger partial charge in [-0.1, -0.05) is 12.1 Å². The van der Waals surface area contributed by atoms with Crippen LogP contribution in [0.3, 0.4) is 0 Å². The maximum atomic E-state index is 12.3. The molecule has 25 heavy (non-hydrogen) atoms. The third kappa shape index (κ3) is 3.37. The number of fused-ring (bicyclic) bond motifs is 1. The Morgan fingerprint density at radius 2 is 1.96 bits per heavy atom. The Kier molecular flexibility index (Phi) is 4.51. The number of benzene rings is 1. The molecule has 3 aromatic rings. The van der Waals surface area contributed by atoms with E-state index in [1.54, 1.807) is 16.7 Å². The van der Waals surface area contributed by atoms with E-state index in [-0.39, 0.29) is 22.9 Å². The number of hydrogen-bond acceptors (Lipinski definition) is 5. The molecule has 0 bridgehead atoms. The SMILES string of the molecule is CN(C)S(=O)(=O)c1cccc(C(=O)NCc2nnc3ccccn23)c1. The summed E-state index contributed by atoms with van der Waals surface area (Å²) in [4.78, 5) is 12.4. The fourth-order valence-electron chi connectivity index (χ4n) is 2.28. The largest absolute Gasteiger partial charge is 0.345 e. The molecule has 0 saturated carbocycles. The van der Waals surface area contributed by atoms with Gasteiger partial charge in [0.05, 0.1) is 11.4 Å². The molecular formula is C16H17N5O3S. The molecule has 1 amide bonds. The zero-order valence-electron chi connectivity index (χ0n) is 13.7. The Hall–Kier alpha value is -2.78. The van der Waals surface area contributed by atoms with E-state index in [0.717, 1.165) is 4.31 Å². The molecule has 0 aliphatic carbocycles. The smallest absolute Gasteiger partial charge is 0.251 e. The molecule has 0 saturated heterocycles. The first-order chi connectivity index (χ1) is 11.9. The molecule has 0 aliphatic heterocycles. The fourth-order valence-corrected chi connectivity index (χ4v) is 3.23. The first kappa shape index (κ1) is 17.1. The fraction of sp³-hybridized carbons (Fsp3) is 0.188. The van der Waals surface area contributed by atoms with Crippen molar-refractivity contribution in [1.82, 2.24) is 24.2 Å². The van der Waals surface area contributed by atoms with Crippen LogP contribution in [0.4, 0.5) is 0 Å². The zero-order valence-corrected chi connectivity index (χ0v) is 14.6. The van der Waals surface area contributed by atoms with Crippen molar-refractivity contribution in [1.29, 1.82) is 0 Å². The number of sulfonamides is 1. The highest BCUT2D eigenvalue weighted by Crippen LogP contribution is 2.15. The maximum Gasteiger partial charge on any atom is 0.251 e. The van der Waals surface area contributed by atoms with E-state index in [1.807, 2.05) is 18.2 Å². The number of nitrogens with zero attached hydrogens (tertiary/aromatic N) is 4. The standard InChI is InChI=1S/C16H17N5O3S/c1-20(2)25(23,24)13-7-5-6-12(10-13)16(22)17-11-15-19-18-14-8-3-4-9-21(14)15/h3-10H,11H2,1-2H3,(H,17,22). The number of hydrogen-bond donors (Lipinski definition) is 1. The average Bonchev–Trinajstić information content (AvgIpc) is 3.03. The predicted octanol–water partition coefficient (Wildman–Crippen LogP) is 0.910. The summed E-state index contributed by atoms with van der Waals surface area (Å²) in [6, 6.07) is 11.4. The van der Waals surface area contributed by atoms with Crippen molar-refractivity contribution in [3.63, 3.8) is 0 Å². The molecule has 130 valence electrons. The van der Waals surface area contributed by atoms with Gasteiger partial charge >= 0.3 is 0 Å². The van der Waals surface area contributed by atoms with Crippen LogP contribution in [0.2, 0.25) is 0 Å². The molecule has 2 heterocycles. The van der Waals surface area contributed by atoms with Gasteiger partial charge in [-0.3, -0.25) is 9.20 Å². The lowest BCUT2D eigenvalue weighted by molar-refractivity contribution is 0.0949. The quantitative estimate of drug-likeness (QED) is 0.730. The highest BCUT2D eigenvalue weighted by Gasteiger charge is 2.18. The summed E-state index contributed by atoms with van der Waals surface area (Å²) in [5.74, 6) is 0.199. The Morgan fingerprint density at radius 1 is 1.16 bits per heavy atom. The average molecular weight is 359 g/mol. The van der Waals surface area contributed by atoms with E-state index in [1.165, 1.54) is 32.3 Å². The number of carbonyl (C=O) groups excluding carboxylic acids is 1. The van der Waals surface area contributed by atoms with Crippen molar-refractivity contribution in [2.75, 3.05) is 14.1 Å². The van der Waals surface area contributed by atoms with Crippen molar-refractivity contribution in [3.05, 3.63) is 60.0 Å². The number of rotatable bonds is 5. The molecule has 2 aromatic heterocycles. The topological polar surface area (TPSA) is 96.7 Å². The monoisotopic (exact) mass is 359 g/mol.